The Morgan fingerprint density at radius 3 is 1.85 bits per heavy atom. The maximum atomic E-state index is 9.29. The van der Waals surface area contributed by atoms with E-state index in [4.69, 9.17) is 12.5 Å². The van der Waals surface area contributed by atoms with Crippen molar-refractivity contribution in [2.24, 2.45) is 0 Å². The first-order valence-corrected chi connectivity index (χ1v) is 21.5. The zero-order chi connectivity index (χ0) is 46.0. The van der Waals surface area contributed by atoms with Crippen molar-refractivity contribution < 1.29 is 29.9 Å². The molecule has 1 aliphatic heterocycles. The van der Waals surface area contributed by atoms with Crippen molar-refractivity contribution >= 4 is 44.6 Å². The second-order valence-electron chi connectivity index (χ2n) is 17.2. The van der Waals surface area contributed by atoms with E-state index in [9.17, 15) is 1.37 Å². The van der Waals surface area contributed by atoms with Crippen molar-refractivity contribution in [2.75, 3.05) is 9.80 Å². The minimum absolute atomic E-state index is 0. The monoisotopic (exact) mass is 1020 g/mol. The molecule has 2 aromatic heterocycles. The molecule has 65 heavy (non-hydrogen) atoms. The Balaban J connectivity index is 0.00000539. The van der Waals surface area contributed by atoms with Crippen LogP contribution in [-0.2, 0) is 26.5 Å². The molecule has 0 atom stereocenters. The first kappa shape index (κ1) is 38.3. The Morgan fingerprint density at radius 2 is 1.22 bits per heavy atom. The smallest absolute Gasteiger partial charge is 0.135 e. The van der Waals surface area contributed by atoms with Crippen LogP contribution in [0.3, 0.4) is 0 Å². The number of anilines is 4. The fraction of sp³-hybridized carbons (Fsp3) is 0.0847. The summed E-state index contributed by atoms with van der Waals surface area (Å²) < 4.78 is 36.2. The summed E-state index contributed by atoms with van der Waals surface area (Å²) >= 11 is 0. The van der Waals surface area contributed by atoms with E-state index in [1.165, 1.54) is 5.56 Å². The molecule has 0 N–H and O–H groups in total. The predicted octanol–water partition coefficient (Wildman–Crippen LogP) is 15.6. The molecular formula is C59H45N4OPt-3. The first-order chi connectivity index (χ1) is 32.5. The van der Waals surface area contributed by atoms with E-state index in [0.717, 1.165) is 83.6 Å². The molecule has 1 aliphatic rings. The number of aromatic nitrogens is 2. The minimum Gasteiger partial charge on any atom is -0.509 e. The van der Waals surface area contributed by atoms with Gasteiger partial charge in [-0.25, -0.2) is 4.98 Å². The van der Waals surface area contributed by atoms with Gasteiger partial charge in [-0.05, 0) is 72.5 Å². The van der Waals surface area contributed by atoms with Gasteiger partial charge in [0.1, 0.15) is 5.82 Å². The van der Waals surface area contributed by atoms with E-state index in [2.05, 4.69) is 134 Å². The molecule has 0 radical (unpaired) electrons. The number of pyridine rings is 1. The number of aryl methyl sites for hydroxylation is 1. The fourth-order valence-corrected chi connectivity index (χ4v) is 8.84. The topological polar surface area (TPSA) is 33.5 Å². The van der Waals surface area contributed by atoms with Crippen molar-refractivity contribution in [3.05, 3.63) is 224 Å². The van der Waals surface area contributed by atoms with Gasteiger partial charge in [-0.1, -0.05) is 160 Å². The van der Waals surface area contributed by atoms with Crippen molar-refractivity contribution in [1.29, 1.82) is 0 Å². The van der Waals surface area contributed by atoms with Crippen molar-refractivity contribution in [1.82, 2.24) is 9.55 Å². The van der Waals surface area contributed by atoms with Gasteiger partial charge in [0, 0.05) is 79.4 Å². The predicted molar refractivity (Wildman–Crippen MR) is 264 cm³/mol. The van der Waals surface area contributed by atoms with Gasteiger partial charge in [0.25, 0.3) is 0 Å². The molecule has 3 heterocycles. The first-order valence-electron chi connectivity index (χ1n) is 23.0. The molecule has 0 bridgehead atoms. The van der Waals surface area contributed by atoms with Gasteiger partial charge in [-0.3, -0.25) is 0 Å². The standard InChI is InChI=1S/C59H45N4O.Pt/c1-40-34-57(60-38-52(40)43-22-12-7-13-23-43)63-53-33-30-44(59(2,3)4)35-51(53)50-32-31-47(37-56(50)63)64-46-25-16-24-45(36-46)61-39-62(55-29-15-14-28-54(55)61)58-48(41-18-8-5-9-19-41)26-17-27-49(58)42-20-10-6-11-21-42;/h5-35,38-39H,1-4H3;/q-3;/i16D,24D,25D;. The van der Waals surface area contributed by atoms with Gasteiger partial charge in [0.05, 0.1) is 0 Å². The van der Waals surface area contributed by atoms with Crippen LogP contribution in [0.1, 0.15) is 36.0 Å². The van der Waals surface area contributed by atoms with E-state index < -0.39 is 0 Å². The zero-order valence-electron chi connectivity index (χ0n) is 39.3. The van der Waals surface area contributed by atoms with Crippen molar-refractivity contribution in [3.8, 4) is 50.7 Å². The molecule has 0 amide bonds. The van der Waals surface area contributed by atoms with Gasteiger partial charge in [-0.15, -0.1) is 48.0 Å². The summed E-state index contributed by atoms with van der Waals surface area (Å²) in [4.78, 5) is 9.06. The van der Waals surface area contributed by atoms with Gasteiger partial charge in [-0.2, -0.15) is 12.1 Å². The molecule has 6 heteroatoms. The summed E-state index contributed by atoms with van der Waals surface area (Å²) in [7, 11) is 0. The van der Waals surface area contributed by atoms with E-state index in [1.54, 1.807) is 0 Å². The normalized spacial score (nSPS) is 13.0. The number of nitrogens with zero attached hydrogens (tertiary/aromatic N) is 4. The molecule has 0 unspecified atom stereocenters. The number of hydrogen-bond acceptors (Lipinski definition) is 4. The van der Waals surface area contributed by atoms with E-state index in [1.807, 2.05) is 103 Å². The Bertz CT molecular complexity index is 3460. The van der Waals surface area contributed by atoms with Gasteiger partial charge >= 0.3 is 0 Å². The Morgan fingerprint density at radius 1 is 0.600 bits per heavy atom. The van der Waals surface area contributed by atoms with Crippen LogP contribution in [0.2, 0.25) is 0 Å². The molecule has 5 nitrogen and oxygen atoms in total. The summed E-state index contributed by atoms with van der Waals surface area (Å²) in [5, 5.41) is 2.04. The third kappa shape index (κ3) is 7.70. The van der Waals surface area contributed by atoms with Crippen LogP contribution in [0.25, 0.3) is 61.0 Å². The zero-order valence-corrected chi connectivity index (χ0v) is 38.6. The molecule has 0 saturated heterocycles. The van der Waals surface area contributed by atoms with E-state index in [0.29, 0.717) is 5.75 Å². The number of hydrogen-bond donors (Lipinski definition) is 0. The Kier molecular flexibility index (Phi) is 10.0. The van der Waals surface area contributed by atoms with Crippen LogP contribution in [0.5, 0.6) is 11.5 Å². The molecule has 0 saturated carbocycles. The maximum Gasteiger partial charge on any atom is 0.135 e. The van der Waals surface area contributed by atoms with Gasteiger partial charge in [0.15, 0.2) is 0 Å². The van der Waals surface area contributed by atoms with Crippen LogP contribution in [-0.4, -0.2) is 9.55 Å². The number of para-hydroxylation sites is 3. The maximum absolute atomic E-state index is 9.29. The number of fused-ring (bicyclic) bond motifs is 4. The van der Waals surface area contributed by atoms with Crippen LogP contribution < -0.4 is 14.5 Å². The molecule has 11 rings (SSSR count). The van der Waals surface area contributed by atoms with Crippen LogP contribution in [0, 0.1) is 25.7 Å². The third-order valence-corrected chi connectivity index (χ3v) is 12.0. The summed E-state index contributed by atoms with van der Waals surface area (Å²) in [5.74, 6) is 1.10. The molecule has 8 aromatic carbocycles. The summed E-state index contributed by atoms with van der Waals surface area (Å²) in [5.41, 5.74) is 13.3. The number of rotatable bonds is 8. The third-order valence-electron chi connectivity index (χ3n) is 12.0. The van der Waals surface area contributed by atoms with Gasteiger partial charge in [0.2, 0.25) is 0 Å². The van der Waals surface area contributed by atoms with Crippen LogP contribution >= 0.6 is 0 Å². The molecule has 0 fully saturated rings. The second kappa shape index (κ2) is 17.1. The molecule has 320 valence electrons. The van der Waals surface area contributed by atoms with E-state index >= 15 is 0 Å². The van der Waals surface area contributed by atoms with Gasteiger partial charge < -0.3 is 19.1 Å². The average molecular weight is 1020 g/mol. The van der Waals surface area contributed by atoms with E-state index in [-0.39, 0.29) is 56.0 Å². The quantitative estimate of drug-likeness (QED) is 0.142. The van der Waals surface area contributed by atoms with Crippen LogP contribution in [0.4, 0.5) is 22.7 Å². The SMILES string of the molecule is [2H]c1c(Oc2[c-]c3c(cc2)c2cc(C(C)(C)C)ccc2n3-c2cc(C)c(-c3ccccc3)cn2)[c-]c(N2[CH-]N(c3c(-c4ccccc4)cccc3-c3ccccc3)c3ccccc32)c([2H])c1[2H].[Pt]. The number of benzene rings is 8. The summed E-state index contributed by atoms with van der Waals surface area (Å²) in [6.07, 6.45) is 1.93. The van der Waals surface area contributed by atoms with Crippen LogP contribution in [0.15, 0.2) is 194 Å². The van der Waals surface area contributed by atoms with Crippen molar-refractivity contribution in [2.45, 2.75) is 33.1 Å². The fourth-order valence-electron chi connectivity index (χ4n) is 8.84. The average Bonchev–Trinajstić information content (AvgIpc) is 3.90. The molecular weight excluding hydrogens is 976 g/mol. The Labute approximate surface area is 399 Å². The second-order valence-corrected chi connectivity index (χ2v) is 17.2. The molecule has 0 spiro atoms. The Hall–Kier alpha value is -7.20. The summed E-state index contributed by atoms with van der Waals surface area (Å²) in [6, 6.07) is 64.1. The molecule has 10 aromatic rings. The largest absolute Gasteiger partial charge is 0.509 e. The van der Waals surface area contributed by atoms with Crippen molar-refractivity contribution in [3.63, 3.8) is 0 Å². The number of ether oxygens (including phenoxy) is 1. The minimum atomic E-state index is -0.272. The summed E-state index contributed by atoms with van der Waals surface area (Å²) in [6.45, 7) is 10.7. The molecule has 0 aliphatic carbocycles.